The zero-order valence-corrected chi connectivity index (χ0v) is 10.1. The summed E-state index contributed by atoms with van der Waals surface area (Å²) in [6, 6.07) is 0. The van der Waals surface area contributed by atoms with Gasteiger partial charge in [-0.2, -0.15) is 0 Å². The summed E-state index contributed by atoms with van der Waals surface area (Å²) in [7, 11) is 0. The molecule has 0 amide bonds. The van der Waals surface area contributed by atoms with E-state index < -0.39 is 5.79 Å². The van der Waals surface area contributed by atoms with Gasteiger partial charge in [0.15, 0.2) is 5.79 Å². The number of rotatable bonds is 2. The Hall–Kier alpha value is 0.170. The van der Waals surface area contributed by atoms with E-state index in [0.29, 0.717) is 18.4 Å². The van der Waals surface area contributed by atoms with E-state index in [1.807, 2.05) is 0 Å². The first-order valence-electron chi connectivity index (χ1n) is 5.64. The molecule has 2 aliphatic heterocycles. The molecule has 0 aromatic heterocycles. The Morgan fingerprint density at radius 2 is 2.27 bits per heavy atom. The molecule has 3 atom stereocenters. The van der Waals surface area contributed by atoms with Crippen LogP contribution in [0.1, 0.15) is 26.7 Å². The van der Waals surface area contributed by atoms with Crippen molar-refractivity contribution in [2.75, 3.05) is 19.1 Å². The lowest BCUT2D eigenvalue weighted by atomic mass is 9.94. The van der Waals surface area contributed by atoms with Crippen molar-refractivity contribution in [3.8, 4) is 0 Å². The van der Waals surface area contributed by atoms with Gasteiger partial charge >= 0.3 is 0 Å². The van der Waals surface area contributed by atoms with Crippen molar-refractivity contribution in [3.05, 3.63) is 0 Å². The van der Waals surface area contributed by atoms with Gasteiger partial charge in [0.25, 0.3) is 0 Å². The van der Waals surface area contributed by atoms with Gasteiger partial charge in [-0.3, -0.25) is 0 Å². The normalized spacial score (nSPS) is 41.6. The van der Waals surface area contributed by atoms with Crippen LogP contribution in [0.3, 0.4) is 0 Å². The largest absolute Gasteiger partial charge is 0.378 e. The van der Waals surface area contributed by atoms with Crippen LogP contribution in [0.15, 0.2) is 0 Å². The Morgan fingerprint density at radius 3 is 2.87 bits per heavy atom. The maximum absolute atomic E-state index is 5.89. The highest BCUT2D eigenvalue weighted by molar-refractivity contribution is 6.18. The maximum atomic E-state index is 5.89. The number of hydrogen-bond donors (Lipinski definition) is 0. The van der Waals surface area contributed by atoms with Gasteiger partial charge in [0, 0.05) is 12.8 Å². The summed E-state index contributed by atoms with van der Waals surface area (Å²) < 4.78 is 17.4. The summed E-state index contributed by atoms with van der Waals surface area (Å²) in [5.74, 6) is 0.603. The van der Waals surface area contributed by atoms with E-state index in [1.54, 1.807) is 0 Å². The monoisotopic (exact) mass is 234 g/mol. The van der Waals surface area contributed by atoms with Crippen LogP contribution in [-0.2, 0) is 14.2 Å². The molecule has 0 aromatic carbocycles. The highest BCUT2D eigenvalue weighted by atomic mass is 35.5. The minimum absolute atomic E-state index is 0.0533. The Morgan fingerprint density at radius 1 is 1.47 bits per heavy atom. The molecule has 0 N–H and O–H groups in total. The highest BCUT2D eigenvalue weighted by Crippen LogP contribution is 2.37. The van der Waals surface area contributed by atoms with Gasteiger partial charge in [-0.1, -0.05) is 13.8 Å². The predicted octanol–water partition coefficient (Wildman–Crippen LogP) is 2.17. The van der Waals surface area contributed by atoms with Crippen LogP contribution >= 0.6 is 11.6 Å². The quantitative estimate of drug-likeness (QED) is 0.686. The zero-order chi connectivity index (χ0) is 10.9. The summed E-state index contributed by atoms with van der Waals surface area (Å²) in [5, 5.41) is 0. The summed E-state index contributed by atoms with van der Waals surface area (Å²) in [6.45, 7) is 5.67. The summed E-state index contributed by atoms with van der Waals surface area (Å²) in [4.78, 5) is 0. The molecule has 3 nitrogen and oxygen atoms in total. The smallest absolute Gasteiger partial charge is 0.173 e. The Bertz CT molecular complexity index is 222. The lowest BCUT2D eigenvalue weighted by Gasteiger charge is -2.38. The minimum Gasteiger partial charge on any atom is -0.378 e. The van der Waals surface area contributed by atoms with Crippen molar-refractivity contribution in [1.82, 2.24) is 0 Å². The van der Waals surface area contributed by atoms with Gasteiger partial charge < -0.3 is 14.2 Å². The van der Waals surface area contributed by atoms with Crippen molar-refractivity contribution in [3.63, 3.8) is 0 Å². The number of ether oxygens (including phenoxy) is 3. The van der Waals surface area contributed by atoms with Gasteiger partial charge in [-0.25, -0.2) is 0 Å². The standard InChI is InChI=1S/C11H19ClO3/c1-8(2)10-5-11(3-4-13-10)14-7-9(6-12)15-11/h8-10H,3-7H2,1-2H3. The number of halogens is 1. The van der Waals surface area contributed by atoms with E-state index in [2.05, 4.69) is 13.8 Å². The summed E-state index contributed by atoms with van der Waals surface area (Å²) in [5.41, 5.74) is 0. The fourth-order valence-electron chi connectivity index (χ4n) is 2.19. The molecule has 2 aliphatic rings. The first kappa shape index (κ1) is 11.6. The fraction of sp³-hybridized carbons (Fsp3) is 1.00. The molecule has 88 valence electrons. The molecule has 1 spiro atoms. The SMILES string of the molecule is CC(C)C1CC2(CCO1)OCC(CCl)O2. The van der Waals surface area contributed by atoms with Crippen LogP contribution in [0.25, 0.3) is 0 Å². The Balaban J connectivity index is 1.97. The maximum Gasteiger partial charge on any atom is 0.173 e. The van der Waals surface area contributed by atoms with Crippen molar-refractivity contribution < 1.29 is 14.2 Å². The highest BCUT2D eigenvalue weighted by Gasteiger charge is 2.45. The summed E-state index contributed by atoms with van der Waals surface area (Å²) >= 11 is 5.77. The second-order valence-electron chi connectivity index (χ2n) is 4.72. The molecule has 0 bridgehead atoms. The van der Waals surface area contributed by atoms with E-state index in [0.717, 1.165) is 19.4 Å². The van der Waals surface area contributed by atoms with Gasteiger partial charge in [-0.15, -0.1) is 11.6 Å². The van der Waals surface area contributed by atoms with E-state index >= 15 is 0 Å². The first-order chi connectivity index (χ1) is 7.15. The minimum atomic E-state index is -0.410. The summed E-state index contributed by atoms with van der Waals surface area (Å²) in [6.07, 6.45) is 1.95. The second-order valence-corrected chi connectivity index (χ2v) is 5.03. The third kappa shape index (κ3) is 2.47. The van der Waals surface area contributed by atoms with Gasteiger partial charge in [0.2, 0.25) is 0 Å². The third-order valence-corrected chi connectivity index (χ3v) is 3.50. The molecule has 2 rings (SSSR count). The van der Waals surface area contributed by atoms with Crippen LogP contribution in [0.4, 0.5) is 0 Å². The van der Waals surface area contributed by atoms with Crippen molar-refractivity contribution >= 4 is 11.6 Å². The number of alkyl halides is 1. The molecule has 0 radical (unpaired) electrons. The molecule has 3 unspecified atom stereocenters. The molecule has 4 heteroatoms. The van der Waals surface area contributed by atoms with Crippen LogP contribution in [-0.4, -0.2) is 37.1 Å². The average Bonchev–Trinajstić information content (AvgIpc) is 2.61. The molecular formula is C11H19ClO3. The molecule has 2 saturated heterocycles. The van der Waals surface area contributed by atoms with E-state index in [4.69, 9.17) is 25.8 Å². The average molecular weight is 235 g/mol. The molecular weight excluding hydrogens is 216 g/mol. The van der Waals surface area contributed by atoms with Crippen molar-refractivity contribution in [2.45, 2.75) is 44.7 Å². The Kier molecular flexibility index (Phi) is 3.56. The van der Waals surface area contributed by atoms with Gasteiger partial charge in [0.1, 0.15) is 0 Å². The topological polar surface area (TPSA) is 27.7 Å². The molecule has 0 aromatic rings. The van der Waals surface area contributed by atoms with Crippen molar-refractivity contribution in [1.29, 1.82) is 0 Å². The lowest BCUT2D eigenvalue weighted by Crippen LogP contribution is -2.44. The first-order valence-corrected chi connectivity index (χ1v) is 6.18. The van der Waals surface area contributed by atoms with Gasteiger partial charge in [-0.05, 0) is 5.92 Å². The molecule has 2 heterocycles. The third-order valence-electron chi connectivity index (χ3n) is 3.16. The number of hydrogen-bond acceptors (Lipinski definition) is 3. The van der Waals surface area contributed by atoms with E-state index in [1.165, 1.54) is 0 Å². The molecule has 15 heavy (non-hydrogen) atoms. The van der Waals surface area contributed by atoms with E-state index in [-0.39, 0.29) is 12.2 Å². The van der Waals surface area contributed by atoms with E-state index in [9.17, 15) is 0 Å². The van der Waals surface area contributed by atoms with Gasteiger partial charge in [0.05, 0.1) is 31.3 Å². The fourth-order valence-corrected chi connectivity index (χ4v) is 2.34. The molecule has 2 fully saturated rings. The van der Waals surface area contributed by atoms with Crippen LogP contribution in [0.2, 0.25) is 0 Å². The second kappa shape index (κ2) is 4.58. The predicted molar refractivity (Wildman–Crippen MR) is 58.1 cm³/mol. The lowest BCUT2D eigenvalue weighted by molar-refractivity contribution is -0.232. The van der Waals surface area contributed by atoms with Crippen LogP contribution in [0.5, 0.6) is 0 Å². The molecule has 0 aliphatic carbocycles. The molecule has 0 saturated carbocycles. The Labute approximate surface area is 96.0 Å². The van der Waals surface area contributed by atoms with Crippen LogP contribution < -0.4 is 0 Å². The zero-order valence-electron chi connectivity index (χ0n) is 9.37. The van der Waals surface area contributed by atoms with Crippen LogP contribution in [0, 0.1) is 5.92 Å². The van der Waals surface area contributed by atoms with Crippen molar-refractivity contribution in [2.24, 2.45) is 5.92 Å².